The Kier molecular flexibility index (Phi) is 5.41. The summed E-state index contributed by atoms with van der Waals surface area (Å²) in [4.78, 5) is 13.3. The Balaban J connectivity index is 1.33. The van der Waals surface area contributed by atoms with Crippen LogP contribution in [0.25, 0.3) is 0 Å². The lowest BCUT2D eigenvalue weighted by Crippen LogP contribution is -2.56. The van der Waals surface area contributed by atoms with E-state index in [4.69, 9.17) is 4.74 Å². The van der Waals surface area contributed by atoms with Crippen molar-refractivity contribution in [2.75, 3.05) is 13.7 Å². The number of ether oxygens (including phenoxy) is 1. The SMILES string of the molecule is COC[C@@]1(O)CC[C@@]2(C)C(CCC3C2CC[C@@]2(C)C3CC[C@@H]2C(=O)Cn2cccc2)C1. The average molecular weight is 428 g/mol. The number of Topliss-reactive ketones (excluding diaryl/α,β-unsaturated/α-hetero) is 1. The standard InChI is InChI=1S/C27H41NO3/c1-25-12-13-27(30,18-31-3)16-19(25)6-7-20-21-8-9-23(26(21,2)11-10-22(20)25)24(29)17-28-14-4-5-15-28/h4-5,14-15,19-23,30H,6-13,16-18H2,1-3H3/t19?,20?,21?,22?,23-,25+,26+,27-/m1/s1. The Morgan fingerprint density at radius 1 is 1.00 bits per heavy atom. The lowest BCUT2D eigenvalue weighted by Gasteiger charge is -2.62. The van der Waals surface area contributed by atoms with Gasteiger partial charge in [0.05, 0.1) is 18.8 Å². The topological polar surface area (TPSA) is 51.5 Å². The third kappa shape index (κ3) is 3.44. The predicted molar refractivity (Wildman–Crippen MR) is 121 cm³/mol. The van der Waals surface area contributed by atoms with Gasteiger partial charge in [-0.1, -0.05) is 13.8 Å². The number of methoxy groups -OCH3 is 1. The van der Waals surface area contributed by atoms with Gasteiger partial charge in [0.25, 0.3) is 0 Å². The van der Waals surface area contributed by atoms with Crippen molar-refractivity contribution in [2.45, 2.75) is 83.8 Å². The molecule has 4 aliphatic carbocycles. The maximum absolute atomic E-state index is 13.3. The van der Waals surface area contributed by atoms with Gasteiger partial charge in [-0.25, -0.2) is 0 Å². The van der Waals surface area contributed by atoms with Crippen molar-refractivity contribution < 1.29 is 14.6 Å². The largest absolute Gasteiger partial charge is 0.387 e. The molecule has 4 nitrogen and oxygen atoms in total. The van der Waals surface area contributed by atoms with Crippen LogP contribution in [0.5, 0.6) is 0 Å². The molecule has 1 heterocycles. The molecule has 1 aromatic rings. The molecule has 5 rings (SSSR count). The van der Waals surface area contributed by atoms with E-state index < -0.39 is 5.60 Å². The highest BCUT2D eigenvalue weighted by Crippen LogP contribution is 2.68. The molecule has 1 aromatic heterocycles. The number of carbonyl (C=O) groups excluding carboxylic acids is 1. The lowest BCUT2D eigenvalue weighted by molar-refractivity contribution is -0.164. The molecular formula is C27H41NO3. The second kappa shape index (κ2) is 7.73. The molecule has 0 bridgehead atoms. The minimum Gasteiger partial charge on any atom is -0.387 e. The van der Waals surface area contributed by atoms with E-state index in [2.05, 4.69) is 13.8 Å². The highest BCUT2D eigenvalue weighted by Gasteiger charge is 2.62. The summed E-state index contributed by atoms with van der Waals surface area (Å²) in [5, 5.41) is 11.0. The molecule has 8 atom stereocenters. The second-order valence-corrected chi connectivity index (χ2v) is 12.0. The van der Waals surface area contributed by atoms with Crippen LogP contribution >= 0.6 is 0 Å². The number of rotatable bonds is 5. The van der Waals surface area contributed by atoms with E-state index in [0.29, 0.717) is 36.2 Å². The number of hydrogen-bond donors (Lipinski definition) is 1. The van der Waals surface area contributed by atoms with Gasteiger partial charge < -0.3 is 14.4 Å². The summed E-state index contributed by atoms with van der Waals surface area (Å²) in [6, 6.07) is 4.02. The minimum absolute atomic E-state index is 0.181. The van der Waals surface area contributed by atoms with Gasteiger partial charge in [0.2, 0.25) is 0 Å². The molecule has 0 saturated heterocycles. The zero-order valence-electron chi connectivity index (χ0n) is 19.7. The zero-order valence-corrected chi connectivity index (χ0v) is 19.7. The van der Waals surface area contributed by atoms with E-state index in [1.165, 1.54) is 32.1 Å². The maximum Gasteiger partial charge on any atom is 0.156 e. The molecule has 4 unspecified atom stereocenters. The highest BCUT2D eigenvalue weighted by atomic mass is 16.5. The predicted octanol–water partition coefficient (Wildman–Crippen LogP) is 5.09. The molecule has 0 amide bonds. The fraction of sp³-hybridized carbons (Fsp3) is 0.815. The molecule has 0 aliphatic heterocycles. The Morgan fingerprint density at radius 2 is 1.74 bits per heavy atom. The molecule has 4 aliphatic rings. The summed E-state index contributed by atoms with van der Waals surface area (Å²) in [5.41, 5.74) is -0.101. The number of carbonyl (C=O) groups is 1. The van der Waals surface area contributed by atoms with Crippen molar-refractivity contribution in [3.05, 3.63) is 24.5 Å². The van der Waals surface area contributed by atoms with Crippen LogP contribution in [0.2, 0.25) is 0 Å². The van der Waals surface area contributed by atoms with Crippen LogP contribution in [0.15, 0.2) is 24.5 Å². The van der Waals surface area contributed by atoms with E-state index in [9.17, 15) is 9.90 Å². The molecular weight excluding hydrogens is 386 g/mol. The molecule has 4 saturated carbocycles. The van der Waals surface area contributed by atoms with Crippen molar-refractivity contribution in [3.63, 3.8) is 0 Å². The van der Waals surface area contributed by atoms with E-state index in [1.807, 2.05) is 29.1 Å². The molecule has 172 valence electrons. The van der Waals surface area contributed by atoms with Gasteiger partial charge in [-0.2, -0.15) is 0 Å². The first-order valence-corrected chi connectivity index (χ1v) is 12.6. The smallest absolute Gasteiger partial charge is 0.156 e. The van der Waals surface area contributed by atoms with Gasteiger partial charge in [-0.15, -0.1) is 0 Å². The molecule has 31 heavy (non-hydrogen) atoms. The summed E-state index contributed by atoms with van der Waals surface area (Å²) < 4.78 is 7.40. The quantitative estimate of drug-likeness (QED) is 0.712. The highest BCUT2D eigenvalue weighted by molar-refractivity contribution is 5.82. The second-order valence-electron chi connectivity index (χ2n) is 12.0. The molecule has 0 radical (unpaired) electrons. The van der Waals surface area contributed by atoms with E-state index in [-0.39, 0.29) is 11.3 Å². The first-order chi connectivity index (χ1) is 14.8. The van der Waals surface area contributed by atoms with Crippen LogP contribution in [0.3, 0.4) is 0 Å². The summed E-state index contributed by atoms with van der Waals surface area (Å²) in [6.45, 7) is 5.99. The van der Waals surface area contributed by atoms with Gasteiger partial charge in [0, 0.05) is 25.4 Å². The Labute approximate surface area is 187 Å². The monoisotopic (exact) mass is 427 g/mol. The Hall–Kier alpha value is -1.13. The van der Waals surface area contributed by atoms with Crippen LogP contribution < -0.4 is 0 Å². The summed E-state index contributed by atoms with van der Waals surface area (Å²) in [5.74, 6) is 3.50. The summed E-state index contributed by atoms with van der Waals surface area (Å²) in [6.07, 6.45) is 14.2. The van der Waals surface area contributed by atoms with Gasteiger partial charge >= 0.3 is 0 Å². The minimum atomic E-state index is -0.627. The number of hydrogen-bond acceptors (Lipinski definition) is 3. The van der Waals surface area contributed by atoms with Gasteiger partial charge in [0.1, 0.15) is 0 Å². The van der Waals surface area contributed by atoms with Crippen molar-refractivity contribution in [1.29, 1.82) is 0 Å². The van der Waals surface area contributed by atoms with Crippen LogP contribution in [-0.2, 0) is 16.1 Å². The van der Waals surface area contributed by atoms with Crippen molar-refractivity contribution >= 4 is 5.78 Å². The fourth-order valence-corrected chi connectivity index (χ4v) is 9.02. The molecule has 4 fully saturated rings. The van der Waals surface area contributed by atoms with Gasteiger partial charge in [-0.3, -0.25) is 4.79 Å². The third-order valence-corrected chi connectivity index (χ3v) is 10.6. The number of ketones is 1. The van der Waals surface area contributed by atoms with Crippen LogP contribution in [0.4, 0.5) is 0 Å². The van der Waals surface area contributed by atoms with Gasteiger partial charge in [0.15, 0.2) is 5.78 Å². The molecule has 4 heteroatoms. The van der Waals surface area contributed by atoms with Crippen molar-refractivity contribution in [1.82, 2.24) is 4.57 Å². The third-order valence-electron chi connectivity index (χ3n) is 10.6. The summed E-state index contributed by atoms with van der Waals surface area (Å²) >= 11 is 0. The van der Waals surface area contributed by atoms with Crippen LogP contribution in [0.1, 0.15) is 71.6 Å². The van der Waals surface area contributed by atoms with Crippen molar-refractivity contribution in [3.8, 4) is 0 Å². The number of aliphatic hydroxyl groups is 1. The first-order valence-electron chi connectivity index (χ1n) is 12.6. The normalized spacial score (nSPS) is 46.8. The van der Waals surface area contributed by atoms with Gasteiger partial charge in [-0.05, 0) is 104 Å². The summed E-state index contributed by atoms with van der Waals surface area (Å²) in [7, 11) is 1.71. The maximum atomic E-state index is 13.3. The van der Waals surface area contributed by atoms with Crippen LogP contribution in [0, 0.1) is 40.4 Å². The van der Waals surface area contributed by atoms with E-state index in [0.717, 1.165) is 37.5 Å². The molecule has 0 spiro atoms. The zero-order chi connectivity index (χ0) is 21.9. The number of aromatic nitrogens is 1. The number of nitrogens with zero attached hydrogens (tertiary/aromatic N) is 1. The van der Waals surface area contributed by atoms with Crippen LogP contribution in [-0.4, -0.2) is 34.8 Å². The average Bonchev–Trinajstić information content (AvgIpc) is 3.35. The molecule has 0 aromatic carbocycles. The fourth-order valence-electron chi connectivity index (χ4n) is 9.02. The van der Waals surface area contributed by atoms with E-state index >= 15 is 0 Å². The lowest BCUT2D eigenvalue weighted by atomic mass is 9.44. The molecule has 1 N–H and O–H groups in total. The van der Waals surface area contributed by atoms with E-state index in [1.54, 1.807) is 7.11 Å². The Bertz CT molecular complexity index is 805. The number of fused-ring (bicyclic) bond motifs is 5. The first kappa shape index (κ1) is 21.7. The van der Waals surface area contributed by atoms with Crippen molar-refractivity contribution in [2.24, 2.45) is 40.4 Å². The Morgan fingerprint density at radius 3 is 2.48 bits per heavy atom.